The monoisotopic (exact) mass is 292 g/mol. The molecule has 0 saturated carbocycles. The van der Waals surface area contributed by atoms with Crippen molar-refractivity contribution in [3.8, 4) is 5.75 Å². The van der Waals surface area contributed by atoms with E-state index in [0.29, 0.717) is 6.04 Å². The topological polar surface area (TPSA) is 24.5 Å². The first kappa shape index (κ1) is 18.0. The highest BCUT2D eigenvalue weighted by Crippen LogP contribution is 2.12. The number of nitrogens with one attached hydrogen (secondary N) is 1. The zero-order chi connectivity index (χ0) is 15.5. The molecule has 0 saturated heterocycles. The lowest BCUT2D eigenvalue weighted by Gasteiger charge is -2.26. The number of hydrogen-bond donors (Lipinski definition) is 1. The normalized spacial score (nSPS) is 11.3. The molecule has 0 aliphatic carbocycles. The largest absolute Gasteiger partial charge is 0.492 e. The molecule has 0 fully saturated rings. The van der Waals surface area contributed by atoms with Crippen LogP contribution in [0, 0.1) is 0 Å². The van der Waals surface area contributed by atoms with Crippen LogP contribution in [0.25, 0.3) is 0 Å². The molecule has 0 radical (unpaired) electrons. The molecule has 0 heterocycles. The number of benzene rings is 1. The first-order chi connectivity index (χ1) is 10.2. The molecule has 3 nitrogen and oxygen atoms in total. The molecular formula is C18H32N2O. The van der Waals surface area contributed by atoms with E-state index in [2.05, 4.69) is 55.3 Å². The second-order valence-electron chi connectivity index (χ2n) is 5.86. The fraction of sp³-hybridized carbons (Fsp3) is 0.667. The minimum atomic E-state index is 0.587. The Morgan fingerprint density at radius 1 is 1.10 bits per heavy atom. The summed E-state index contributed by atoms with van der Waals surface area (Å²) in [6.07, 6.45) is 3.88. The van der Waals surface area contributed by atoms with Crippen LogP contribution in [-0.4, -0.2) is 37.7 Å². The van der Waals surface area contributed by atoms with Gasteiger partial charge in [-0.05, 0) is 51.6 Å². The summed E-state index contributed by atoms with van der Waals surface area (Å²) in [6, 6.07) is 8.94. The van der Waals surface area contributed by atoms with Gasteiger partial charge >= 0.3 is 0 Å². The van der Waals surface area contributed by atoms with Crippen LogP contribution in [0.15, 0.2) is 24.3 Å². The van der Waals surface area contributed by atoms with E-state index in [1.165, 1.54) is 31.4 Å². The van der Waals surface area contributed by atoms with Crippen molar-refractivity contribution in [2.24, 2.45) is 0 Å². The van der Waals surface area contributed by atoms with Gasteiger partial charge in [0.1, 0.15) is 12.4 Å². The number of rotatable bonds is 11. The second kappa shape index (κ2) is 10.6. The number of nitrogens with zero attached hydrogens (tertiary/aromatic N) is 1. The molecule has 3 heteroatoms. The third kappa shape index (κ3) is 7.49. The summed E-state index contributed by atoms with van der Waals surface area (Å²) in [5.41, 5.74) is 1.29. The van der Waals surface area contributed by atoms with Crippen LogP contribution < -0.4 is 10.1 Å². The van der Waals surface area contributed by atoms with Gasteiger partial charge in [0, 0.05) is 19.1 Å². The molecule has 0 aromatic heterocycles. The van der Waals surface area contributed by atoms with E-state index >= 15 is 0 Å². The number of ether oxygens (including phenoxy) is 1. The first-order valence-electron chi connectivity index (χ1n) is 8.27. The van der Waals surface area contributed by atoms with Crippen molar-refractivity contribution in [1.29, 1.82) is 0 Å². The molecule has 0 aliphatic rings. The third-order valence-corrected chi connectivity index (χ3v) is 3.73. The zero-order valence-electron chi connectivity index (χ0n) is 14.2. The van der Waals surface area contributed by atoms with Gasteiger partial charge in [-0.2, -0.15) is 0 Å². The molecule has 1 aromatic rings. The standard InChI is InChI=1S/C18H32N2O/c1-5-6-7-12-20(16(2)3)13-14-21-18-10-8-17(9-11-18)15-19-4/h8-11,16,19H,5-7,12-15H2,1-4H3. The van der Waals surface area contributed by atoms with E-state index in [1.54, 1.807) is 0 Å². The molecule has 120 valence electrons. The lowest BCUT2D eigenvalue weighted by molar-refractivity contribution is 0.173. The summed E-state index contributed by atoms with van der Waals surface area (Å²) in [4.78, 5) is 2.50. The molecule has 1 rings (SSSR count). The molecule has 1 N–H and O–H groups in total. The van der Waals surface area contributed by atoms with Crippen LogP contribution >= 0.6 is 0 Å². The maximum Gasteiger partial charge on any atom is 0.119 e. The molecular weight excluding hydrogens is 260 g/mol. The van der Waals surface area contributed by atoms with Crippen LogP contribution in [0.4, 0.5) is 0 Å². The number of hydrogen-bond acceptors (Lipinski definition) is 3. The molecule has 0 bridgehead atoms. The predicted molar refractivity (Wildman–Crippen MR) is 90.9 cm³/mol. The van der Waals surface area contributed by atoms with Crippen molar-refractivity contribution in [2.75, 3.05) is 26.7 Å². The van der Waals surface area contributed by atoms with Crippen LogP contribution in [-0.2, 0) is 6.54 Å². The third-order valence-electron chi connectivity index (χ3n) is 3.73. The molecule has 0 unspecified atom stereocenters. The van der Waals surface area contributed by atoms with Crippen LogP contribution in [0.2, 0.25) is 0 Å². The molecule has 0 amide bonds. The van der Waals surface area contributed by atoms with Crippen LogP contribution in [0.3, 0.4) is 0 Å². The SMILES string of the molecule is CCCCCN(CCOc1ccc(CNC)cc1)C(C)C. The van der Waals surface area contributed by atoms with Gasteiger partial charge < -0.3 is 10.1 Å². The molecule has 0 aliphatic heterocycles. The molecule has 21 heavy (non-hydrogen) atoms. The summed E-state index contributed by atoms with van der Waals surface area (Å²) in [5.74, 6) is 0.965. The van der Waals surface area contributed by atoms with Gasteiger partial charge in [-0.15, -0.1) is 0 Å². The smallest absolute Gasteiger partial charge is 0.119 e. The summed E-state index contributed by atoms with van der Waals surface area (Å²) >= 11 is 0. The minimum absolute atomic E-state index is 0.587. The van der Waals surface area contributed by atoms with E-state index in [1.807, 2.05) is 7.05 Å². The summed E-state index contributed by atoms with van der Waals surface area (Å²) in [5, 5.41) is 3.15. The maximum absolute atomic E-state index is 5.86. The highest BCUT2D eigenvalue weighted by molar-refractivity contribution is 5.27. The van der Waals surface area contributed by atoms with Gasteiger partial charge in [0.25, 0.3) is 0 Å². The fourth-order valence-corrected chi connectivity index (χ4v) is 2.38. The summed E-state index contributed by atoms with van der Waals surface area (Å²) in [6.45, 7) is 10.6. The summed E-state index contributed by atoms with van der Waals surface area (Å²) < 4.78 is 5.86. The first-order valence-corrected chi connectivity index (χ1v) is 8.27. The van der Waals surface area contributed by atoms with Crippen LogP contribution in [0.1, 0.15) is 45.6 Å². The Balaban J connectivity index is 2.32. The average molecular weight is 292 g/mol. The van der Waals surface area contributed by atoms with E-state index in [9.17, 15) is 0 Å². The predicted octanol–water partition coefficient (Wildman–Crippen LogP) is 3.69. The average Bonchev–Trinajstić information content (AvgIpc) is 2.47. The van der Waals surface area contributed by atoms with Crippen molar-refractivity contribution in [3.63, 3.8) is 0 Å². The van der Waals surface area contributed by atoms with Crippen molar-refractivity contribution in [2.45, 2.75) is 52.6 Å². The van der Waals surface area contributed by atoms with E-state index in [4.69, 9.17) is 4.74 Å². The summed E-state index contributed by atoms with van der Waals surface area (Å²) in [7, 11) is 1.96. The van der Waals surface area contributed by atoms with Crippen molar-refractivity contribution < 1.29 is 4.74 Å². The highest BCUT2D eigenvalue weighted by atomic mass is 16.5. The Bertz CT molecular complexity index is 362. The Labute approximate surface area is 130 Å². The Morgan fingerprint density at radius 2 is 1.81 bits per heavy atom. The van der Waals surface area contributed by atoms with E-state index < -0.39 is 0 Å². The zero-order valence-corrected chi connectivity index (χ0v) is 14.2. The molecule has 1 aromatic carbocycles. The molecule has 0 spiro atoms. The lowest BCUT2D eigenvalue weighted by Crippen LogP contribution is -2.35. The van der Waals surface area contributed by atoms with Gasteiger partial charge in [-0.1, -0.05) is 31.9 Å². The van der Waals surface area contributed by atoms with Crippen molar-refractivity contribution in [1.82, 2.24) is 10.2 Å². The van der Waals surface area contributed by atoms with E-state index in [0.717, 1.165) is 25.4 Å². The van der Waals surface area contributed by atoms with Gasteiger partial charge in [0.15, 0.2) is 0 Å². The quantitative estimate of drug-likeness (QED) is 0.630. The minimum Gasteiger partial charge on any atom is -0.492 e. The highest BCUT2D eigenvalue weighted by Gasteiger charge is 2.08. The van der Waals surface area contributed by atoms with Gasteiger partial charge in [0.05, 0.1) is 0 Å². The fourth-order valence-electron chi connectivity index (χ4n) is 2.38. The van der Waals surface area contributed by atoms with E-state index in [-0.39, 0.29) is 0 Å². The van der Waals surface area contributed by atoms with Gasteiger partial charge in [-0.25, -0.2) is 0 Å². The lowest BCUT2D eigenvalue weighted by atomic mass is 10.2. The Morgan fingerprint density at radius 3 is 2.38 bits per heavy atom. The van der Waals surface area contributed by atoms with Crippen molar-refractivity contribution in [3.05, 3.63) is 29.8 Å². The molecule has 0 atom stereocenters. The number of unbranched alkanes of at least 4 members (excludes halogenated alkanes) is 2. The van der Waals surface area contributed by atoms with Crippen LogP contribution in [0.5, 0.6) is 5.75 Å². The maximum atomic E-state index is 5.86. The second-order valence-corrected chi connectivity index (χ2v) is 5.86. The van der Waals surface area contributed by atoms with Gasteiger partial charge in [-0.3, -0.25) is 4.90 Å². The van der Waals surface area contributed by atoms with Crippen molar-refractivity contribution >= 4 is 0 Å². The Kier molecular flexibility index (Phi) is 9.11. The van der Waals surface area contributed by atoms with Gasteiger partial charge in [0.2, 0.25) is 0 Å². The Hall–Kier alpha value is -1.06.